The molecule has 1 aliphatic heterocycles. The van der Waals surface area contributed by atoms with Crippen molar-refractivity contribution in [1.29, 1.82) is 0 Å². The van der Waals surface area contributed by atoms with Crippen LogP contribution in [0.25, 0.3) is 0 Å². The Morgan fingerprint density at radius 1 is 1.14 bits per heavy atom. The highest BCUT2D eigenvalue weighted by Gasteiger charge is 2.41. The Hall–Kier alpha value is -0.570. The van der Waals surface area contributed by atoms with E-state index < -0.39 is 0 Å². The van der Waals surface area contributed by atoms with Crippen LogP contribution in [0.3, 0.4) is 0 Å². The summed E-state index contributed by atoms with van der Waals surface area (Å²) in [6.45, 7) is 1.91. The van der Waals surface area contributed by atoms with Gasteiger partial charge in [0.05, 0.1) is 0 Å². The number of likely N-dealkylation sites (tertiary alicyclic amines) is 1. The van der Waals surface area contributed by atoms with Gasteiger partial charge in [-0.05, 0) is 25.7 Å². The minimum Gasteiger partial charge on any atom is -0.343 e. The van der Waals surface area contributed by atoms with Gasteiger partial charge in [-0.2, -0.15) is 0 Å². The molecular formula is C11H20N2O. The Bertz CT molecular complexity index is 215. The van der Waals surface area contributed by atoms with Gasteiger partial charge >= 0.3 is 0 Å². The summed E-state index contributed by atoms with van der Waals surface area (Å²) in [7, 11) is 0. The SMILES string of the molecule is NC1(CC(=O)N2CCCCCC2)CC1. The highest BCUT2D eigenvalue weighted by Crippen LogP contribution is 2.36. The fourth-order valence-corrected chi connectivity index (χ4v) is 2.07. The quantitative estimate of drug-likeness (QED) is 0.723. The fourth-order valence-electron chi connectivity index (χ4n) is 2.07. The molecule has 80 valence electrons. The number of nitrogens with two attached hydrogens (primary N) is 1. The van der Waals surface area contributed by atoms with Crippen molar-refractivity contribution in [3.63, 3.8) is 0 Å². The summed E-state index contributed by atoms with van der Waals surface area (Å²) in [5, 5.41) is 0. The molecule has 0 unspecified atom stereocenters. The molecule has 14 heavy (non-hydrogen) atoms. The maximum Gasteiger partial charge on any atom is 0.224 e. The average Bonchev–Trinajstić information content (AvgIpc) is 2.89. The van der Waals surface area contributed by atoms with Crippen molar-refractivity contribution in [3.8, 4) is 0 Å². The molecule has 3 heteroatoms. The lowest BCUT2D eigenvalue weighted by Crippen LogP contribution is -2.37. The van der Waals surface area contributed by atoms with Crippen LogP contribution in [0.5, 0.6) is 0 Å². The number of nitrogens with zero attached hydrogens (tertiary/aromatic N) is 1. The summed E-state index contributed by atoms with van der Waals surface area (Å²) >= 11 is 0. The molecule has 0 aromatic carbocycles. The lowest BCUT2D eigenvalue weighted by Gasteiger charge is -2.21. The van der Waals surface area contributed by atoms with Crippen LogP contribution in [0.4, 0.5) is 0 Å². The topological polar surface area (TPSA) is 46.3 Å². The maximum atomic E-state index is 11.9. The lowest BCUT2D eigenvalue weighted by molar-refractivity contribution is -0.131. The van der Waals surface area contributed by atoms with Gasteiger partial charge in [0.1, 0.15) is 0 Å². The highest BCUT2D eigenvalue weighted by molar-refractivity contribution is 5.78. The standard InChI is InChI=1S/C11H20N2O/c12-11(5-6-11)9-10(14)13-7-3-1-2-4-8-13/h1-9,12H2. The minimum atomic E-state index is -0.122. The van der Waals surface area contributed by atoms with Gasteiger partial charge in [-0.3, -0.25) is 4.79 Å². The van der Waals surface area contributed by atoms with Crippen LogP contribution < -0.4 is 5.73 Å². The molecule has 2 N–H and O–H groups in total. The normalized spacial score (nSPS) is 25.6. The van der Waals surface area contributed by atoms with Crippen molar-refractivity contribution >= 4 is 5.91 Å². The van der Waals surface area contributed by atoms with Gasteiger partial charge in [0.2, 0.25) is 5.91 Å². The number of hydrogen-bond acceptors (Lipinski definition) is 2. The summed E-state index contributed by atoms with van der Waals surface area (Å²) in [4.78, 5) is 13.9. The van der Waals surface area contributed by atoms with E-state index in [0.717, 1.165) is 25.9 Å². The first-order chi connectivity index (χ1) is 6.70. The third kappa shape index (κ3) is 2.47. The molecule has 1 aliphatic carbocycles. The number of amides is 1. The van der Waals surface area contributed by atoms with Gasteiger partial charge in [-0.1, -0.05) is 12.8 Å². The molecule has 0 aromatic heterocycles. The zero-order valence-corrected chi connectivity index (χ0v) is 8.80. The number of carbonyl (C=O) groups is 1. The van der Waals surface area contributed by atoms with Crippen LogP contribution in [-0.2, 0) is 4.79 Å². The number of hydrogen-bond donors (Lipinski definition) is 1. The molecule has 0 radical (unpaired) electrons. The van der Waals surface area contributed by atoms with Crippen molar-refractivity contribution in [2.75, 3.05) is 13.1 Å². The van der Waals surface area contributed by atoms with E-state index in [9.17, 15) is 4.79 Å². The maximum absolute atomic E-state index is 11.9. The number of carbonyl (C=O) groups excluding carboxylic acids is 1. The van der Waals surface area contributed by atoms with Crippen LogP contribution in [0, 0.1) is 0 Å². The lowest BCUT2D eigenvalue weighted by atomic mass is 10.1. The van der Waals surface area contributed by atoms with Gasteiger partial charge in [0.15, 0.2) is 0 Å². The van der Waals surface area contributed by atoms with Crippen LogP contribution in [-0.4, -0.2) is 29.4 Å². The second-order valence-corrected chi connectivity index (χ2v) is 4.83. The predicted molar refractivity (Wildman–Crippen MR) is 55.8 cm³/mol. The Balaban J connectivity index is 1.83. The summed E-state index contributed by atoms with van der Waals surface area (Å²) in [6, 6.07) is 0. The third-order valence-corrected chi connectivity index (χ3v) is 3.35. The van der Waals surface area contributed by atoms with E-state index in [-0.39, 0.29) is 11.4 Å². The average molecular weight is 196 g/mol. The molecule has 3 nitrogen and oxygen atoms in total. The second-order valence-electron chi connectivity index (χ2n) is 4.83. The summed E-state index contributed by atoms with van der Waals surface area (Å²) < 4.78 is 0. The molecule has 0 bridgehead atoms. The first-order valence-corrected chi connectivity index (χ1v) is 5.76. The highest BCUT2D eigenvalue weighted by atomic mass is 16.2. The van der Waals surface area contributed by atoms with Crippen LogP contribution in [0.2, 0.25) is 0 Å². The third-order valence-electron chi connectivity index (χ3n) is 3.35. The zero-order valence-electron chi connectivity index (χ0n) is 8.80. The fraction of sp³-hybridized carbons (Fsp3) is 0.909. The van der Waals surface area contributed by atoms with Crippen molar-refractivity contribution in [2.24, 2.45) is 5.73 Å². The molecule has 1 amide bonds. The minimum absolute atomic E-state index is 0.122. The monoisotopic (exact) mass is 196 g/mol. The largest absolute Gasteiger partial charge is 0.343 e. The molecule has 0 atom stereocenters. The molecule has 1 saturated heterocycles. The van der Waals surface area contributed by atoms with E-state index in [0.29, 0.717) is 6.42 Å². The van der Waals surface area contributed by atoms with E-state index in [4.69, 9.17) is 5.73 Å². The first kappa shape index (κ1) is 9.97. The van der Waals surface area contributed by atoms with Crippen molar-refractivity contribution in [2.45, 2.75) is 50.5 Å². The van der Waals surface area contributed by atoms with Gasteiger partial charge in [0, 0.05) is 25.0 Å². The van der Waals surface area contributed by atoms with E-state index in [1.807, 2.05) is 4.90 Å². The van der Waals surface area contributed by atoms with Crippen molar-refractivity contribution < 1.29 is 4.79 Å². The van der Waals surface area contributed by atoms with Crippen LogP contribution in [0.15, 0.2) is 0 Å². The summed E-state index contributed by atoms with van der Waals surface area (Å²) in [5.74, 6) is 0.284. The van der Waals surface area contributed by atoms with E-state index in [1.165, 1.54) is 25.7 Å². The summed E-state index contributed by atoms with van der Waals surface area (Å²) in [5.41, 5.74) is 5.82. The van der Waals surface area contributed by atoms with Gasteiger partial charge in [0.25, 0.3) is 0 Å². The summed E-state index contributed by atoms with van der Waals surface area (Å²) in [6.07, 6.45) is 7.54. The van der Waals surface area contributed by atoms with E-state index in [1.54, 1.807) is 0 Å². The van der Waals surface area contributed by atoms with Crippen LogP contribution >= 0.6 is 0 Å². The predicted octanol–water partition coefficient (Wildman–Crippen LogP) is 1.27. The van der Waals surface area contributed by atoms with Gasteiger partial charge in [-0.15, -0.1) is 0 Å². The molecule has 0 spiro atoms. The van der Waals surface area contributed by atoms with Gasteiger partial charge in [-0.25, -0.2) is 0 Å². The van der Waals surface area contributed by atoms with E-state index >= 15 is 0 Å². The molecule has 1 saturated carbocycles. The Kier molecular flexibility index (Phi) is 2.77. The van der Waals surface area contributed by atoms with Gasteiger partial charge < -0.3 is 10.6 Å². The first-order valence-electron chi connectivity index (χ1n) is 5.76. The number of rotatable bonds is 2. The molecule has 1 heterocycles. The molecule has 2 rings (SSSR count). The molecular weight excluding hydrogens is 176 g/mol. The zero-order chi connectivity index (χ0) is 10.0. The van der Waals surface area contributed by atoms with Crippen molar-refractivity contribution in [1.82, 2.24) is 4.90 Å². The molecule has 2 fully saturated rings. The smallest absolute Gasteiger partial charge is 0.224 e. The Morgan fingerprint density at radius 2 is 1.71 bits per heavy atom. The molecule has 2 aliphatic rings. The Labute approximate surface area is 85.6 Å². The molecule has 0 aromatic rings. The Morgan fingerprint density at radius 3 is 2.21 bits per heavy atom. The van der Waals surface area contributed by atoms with E-state index in [2.05, 4.69) is 0 Å². The second kappa shape index (κ2) is 3.89. The van der Waals surface area contributed by atoms with Crippen molar-refractivity contribution in [3.05, 3.63) is 0 Å². The van der Waals surface area contributed by atoms with Crippen LogP contribution in [0.1, 0.15) is 44.9 Å².